The van der Waals surface area contributed by atoms with Crippen molar-refractivity contribution in [2.75, 3.05) is 6.54 Å². The number of benzene rings is 2. The van der Waals surface area contributed by atoms with Crippen LogP contribution in [0.25, 0.3) is 0 Å². The molecule has 0 bridgehead atoms. The fourth-order valence-corrected chi connectivity index (χ4v) is 4.32. The zero-order chi connectivity index (χ0) is 26.0. The second-order valence-electron chi connectivity index (χ2n) is 8.73. The number of carbonyl (C=O) groups is 1. The Morgan fingerprint density at radius 3 is 2.06 bits per heavy atom. The van der Waals surface area contributed by atoms with Gasteiger partial charge in [-0.1, -0.05) is 25.1 Å². The number of piperidine rings is 1. The van der Waals surface area contributed by atoms with Crippen molar-refractivity contribution in [3.63, 3.8) is 0 Å². The average molecular weight is 506 g/mol. The van der Waals surface area contributed by atoms with E-state index in [0.29, 0.717) is 18.6 Å². The number of ether oxygens (including phenoxy) is 1. The number of carbonyl (C=O) groups excluding carboxylic acids is 1. The number of amides is 1. The predicted octanol–water partition coefficient (Wildman–Crippen LogP) is 5.40. The van der Waals surface area contributed by atoms with Gasteiger partial charge in [0.15, 0.2) is 0 Å². The molecule has 4 nitrogen and oxygen atoms in total. The van der Waals surface area contributed by atoms with Gasteiger partial charge in [-0.3, -0.25) is 4.79 Å². The highest BCUT2D eigenvalue weighted by Crippen LogP contribution is 2.37. The number of hydrogen-bond donors (Lipinski definition) is 1. The number of hydrogen-bond acceptors (Lipinski definition) is 3. The molecule has 0 aliphatic carbocycles. The van der Waals surface area contributed by atoms with Gasteiger partial charge in [-0.15, -0.1) is 0 Å². The Labute approximate surface area is 197 Å². The first-order chi connectivity index (χ1) is 16.3. The van der Waals surface area contributed by atoms with Crippen LogP contribution in [0.15, 0.2) is 48.5 Å². The van der Waals surface area contributed by atoms with Crippen molar-refractivity contribution < 1.29 is 40.3 Å². The third-order valence-electron chi connectivity index (χ3n) is 6.12. The minimum Gasteiger partial charge on any atom is -0.371 e. The Balaban J connectivity index is 0.000000420. The SMILES string of the molecule is CC1C(OCc2cc(C(F)(F)F)cc(C(F)(F)F)c2)CN2C(=O)CC(N)CC12.Fc1ccccc1. The van der Waals surface area contributed by atoms with Crippen molar-refractivity contribution in [3.8, 4) is 0 Å². The molecule has 4 unspecified atom stereocenters. The van der Waals surface area contributed by atoms with Gasteiger partial charge in [0.1, 0.15) is 5.82 Å². The number of rotatable bonds is 3. The third-order valence-corrected chi connectivity index (χ3v) is 6.12. The summed E-state index contributed by atoms with van der Waals surface area (Å²) in [6, 6.07) is 8.95. The van der Waals surface area contributed by atoms with Gasteiger partial charge in [-0.25, -0.2) is 4.39 Å². The maximum absolute atomic E-state index is 13.0. The maximum Gasteiger partial charge on any atom is 0.416 e. The van der Waals surface area contributed by atoms with Crippen molar-refractivity contribution in [2.45, 2.75) is 56.9 Å². The molecule has 192 valence electrons. The van der Waals surface area contributed by atoms with Crippen LogP contribution in [0, 0.1) is 11.7 Å². The van der Waals surface area contributed by atoms with Crippen molar-refractivity contribution in [3.05, 3.63) is 71.0 Å². The molecular formula is C24H25F7N2O2. The van der Waals surface area contributed by atoms with Gasteiger partial charge in [0.2, 0.25) is 5.91 Å². The Morgan fingerprint density at radius 2 is 1.57 bits per heavy atom. The molecule has 2 aromatic carbocycles. The van der Waals surface area contributed by atoms with Crippen LogP contribution in [0.3, 0.4) is 0 Å². The van der Waals surface area contributed by atoms with Crippen LogP contribution in [0.5, 0.6) is 0 Å². The second-order valence-corrected chi connectivity index (χ2v) is 8.73. The minimum absolute atomic E-state index is 0.0853. The van der Waals surface area contributed by atoms with Crippen LogP contribution in [-0.2, 0) is 28.5 Å². The van der Waals surface area contributed by atoms with Gasteiger partial charge in [-0.2, -0.15) is 26.3 Å². The average Bonchev–Trinajstić information content (AvgIpc) is 3.08. The molecule has 0 saturated carbocycles. The van der Waals surface area contributed by atoms with Crippen molar-refractivity contribution >= 4 is 5.91 Å². The zero-order valence-corrected chi connectivity index (χ0v) is 18.7. The largest absolute Gasteiger partial charge is 0.416 e. The number of alkyl halides is 6. The lowest BCUT2D eigenvalue weighted by Crippen LogP contribution is -2.48. The number of nitrogens with two attached hydrogens (primary N) is 1. The smallest absolute Gasteiger partial charge is 0.371 e. The summed E-state index contributed by atoms with van der Waals surface area (Å²) in [5.74, 6) is -0.411. The van der Waals surface area contributed by atoms with Gasteiger partial charge in [0, 0.05) is 31.0 Å². The first kappa shape index (κ1) is 26.9. The number of halogens is 7. The summed E-state index contributed by atoms with van der Waals surface area (Å²) in [5, 5.41) is 0. The molecule has 4 rings (SSSR count). The van der Waals surface area contributed by atoms with Crippen molar-refractivity contribution in [2.24, 2.45) is 11.7 Å². The molecule has 1 amide bonds. The highest BCUT2D eigenvalue weighted by atomic mass is 19.4. The summed E-state index contributed by atoms with van der Waals surface area (Å²) in [6.45, 7) is 1.68. The molecule has 2 saturated heterocycles. The third kappa shape index (κ3) is 6.94. The lowest BCUT2D eigenvalue weighted by molar-refractivity contribution is -0.143. The zero-order valence-electron chi connectivity index (χ0n) is 18.7. The van der Waals surface area contributed by atoms with E-state index < -0.39 is 36.2 Å². The topological polar surface area (TPSA) is 55.6 Å². The van der Waals surface area contributed by atoms with Crippen LogP contribution in [0.1, 0.15) is 36.5 Å². The van der Waals surface area contributed by atoms with Crippen molar-refractivity contribution in [1.29, 1.82) is 0 Å². The molecular weight excluding hydrogens is 481 g/mol. The molecule has 35 heavy (non-hydrogen) atoms. The van der Waals surface area contributed by atoms with E-state index in [1.807, 2.05) is 6.92 Å². The summed E-state index contributed by atoms with van der Waals surface area (Å²) in [7, 11) is 0. The van der Waals surface area contributed by atoms with Crippen LogP contribution < -0.4 is 5.73 Å². The molecule has 0 aromatic heterocycles. The molecule has 2 N–H and O–H groups in total. The molecule has 11 heteroatoms. The first-order valence-corrected chi connectivity index (χ1v) is 10.9. The number of fused-ring (bicyclic) bond motifs is 1. The van der Waals surface area contributed by atoms with E-state index >= 15 is 0 Å². The summed E-state index contributed by atoms with van der Waals surface area (Å²) >= 11 is 0. The van der Waals surface area contributed by atoms with Crippen LogP contribution >= 0.6 is 0 Å². The van der Waals surface area contributed by atoms with Gasteiger partial charge < -0.3 is 15.4 Å². The lowest BCUT2D eigenvalue weighted by atomic mass is 9.91. The molecule has 2 fully saturated rings. The normalized spacial score (nSPS) is 24.6. The molecule has 0 spiro atoms. The van der Waals surface area contributed by atoms with E-state index in [-0.39, 0.29) is 54.3 Å². The van der Waals surface area contributed by atoms with E-state index in [1.165, 1.54) is 12.1 Å². The Hall–Kier alpha value is -2.66. The van der Waals surface area contributed by atoms with E-state index in [2.05, 4.69) is 0 Å². The maximum atomic E-state index is 13.0. The standard InChI is InChI=1S/C18H20F6N2O2.C6H5F/c1-9-14-5-13(25)6-16(27)26(14)7-15(9)28-8-10-2-11(17(19,20)21)4-12(3-10)18(22,23)24;7-6-4-2-1-3-5-6/h2-4,9,13-15H,5-8,25H2,1H3;1-5H. The van der Waals surface area contributed by atoms with Gasteiger partial charge in [0.25, 0.3) is 0 Å². The molecule has 2 aliphatic heterocycles. The molecule has 2 aromatic rings. The van der Waals surface area contributed by atoms with Gasteiger partial charge >= 0.3 is 12.4 Å². The lowest BCUT2D eigenvalue weighted by Gasteiger charge is -2.34. The molecule has 0 radical (unpaired) electrons. The summed E-state index contributed by atoms with van der Waals surface area (Å²) < 4.78 is 95.3. The summed E-state index contributed by atoms with van der Waals surface area (Å²) in [5.41, 5.74) is 2.90. The highest BCUT2D eigenvalue weighted by molar-refractivity contribution is 5.78. The second kappa shape index (κ2) is 10.5. The first-order valence-electron chi connectivity index (χ1n) is 10.9. The molecule has 2 aliphatic rings. The summed E-state index contributed by atoms with van der Waals surface area (Å²) in [4.78, 5) is 13.7. The highest BCUT2D eigenvalue weighted by Gasteiger charge is 2.45. The Bertz CT molecular complexity index is 979. The predicted molar refractivity (Wildman–Crippen MR) is 113 cm³/mol. The van der Waals surface area contributed by atoms with E-state index in [4.69, 9.17) is 10.5 Å². The Kier molecular flexibility index (Phi) is 8.10. The summed E-state index contributed by atoms with van der Waals surface area (Å²) in [6.07, 6.45) is -9.48. The van der Waals surface area contributed by atoms with Gasteiger partial charge in [-0.05, 0) is 42.3 Å². The fraction of sp³-hybridized carbons (Fsp3) is 0.458. The minimum atomic E-state index is -4.90. The van der Waals surface area contributed by atoms with Crippen LogP contribution in [-0.4, -0.2) is 35.5 Å². The number of nitrogens with zero attached hydrogens (tertiary/aromatic N) is 1. The van der Waals surface area contributed by atoms with E-state index in [0.717, 1.165) is 0 Å². The van der Waals surface area contributed by atoms with E-state index in [1.54, 1.807) is 23.1 Å². The quantitative estimate of drug-likeness (QED) is 0.567. The Morgan fingerprint density at radius 1 is 1.00 bits per heavy atom. The molecule has 4 atom stereocenters. The van der Waals surface area contributed by atoms with Gasteiger partial charge in [0.05, 0.1) is 23.8 Å². The van der Waals surface area contributed by atoms with Crippen LogP contribution in [0.4, 0.5) is 30.7 Å². The monoisotopic (exact) mass is 506 g/mol. The van der Waals surface area contributed by atoms with Crippen LogP contribution in [0.2, 0.25) is 0 Å². The molecule has 2 heterocycles. The van der Waals surface area contributed by atoms with Crippen molar-refractivity contribution in [1.82, 2.24) is 4.90 Å². The fourth-order valence-electron chi connectivity index (χ4n) is 4.32. The van der Waals surface area contributed by atoms with E-state index in [9.17, 15) is 35.5 Å².